The zero-order valence-corrected chi connectivity index (χ0v) is 25.3. The van der Waals surface area contributed by atoms with E-state index in [1.54, 1.807) is 0 Å². The average molecular weight is 527 g/mol. The van der Waals surface area contributed by atoms with Crippen molar-refractivity contribution in [3.8, 4) is 0 Å². The van der Waals surface area contributed by atoms with Crippen molar-refractivity contribution in [2.45, 2.75) is 162 Å². The normalized spacial score (nSPS) is 35.2. The van der Waals surface area contributed by atoms with Gasteiger partial charge in [0.25, 0.3) is 0 Å². The Morgan fingerprint density at radius 3 is 2.21 bits per heavy atom. The molecule has 7 atom stereocenters. The molecular formula is C35H58O3. The summed E-state index contributed by atoms with van der Waals surface area (Å²) in [6, 6.07) is 0. The van der Waals surface area contributed by atoms with Crippen molar-refractivity contribution < 1.29 is 14.3 Å². The van der Waals surface area contributed by atoms with Gasteiger partial charge in [0.2, 0.25) is 0 Å². The number of ketones is 1. The fourth-order valence-electron chi connectivity index (χ4n) is 9.65. The van der Waals surface area contributed by atoms with E-state index in [1.165, 1.54) is 95.5 Å². The molecule has 4 rings (SSSR count). The van der Waals surface area contributed by atoms with Gasteiger partial charge in [0.05, 0.1) is 0 Å². The van der Waals surface area contributed by atoms with Crippen LogP contribution in [0.1, 0.15) is 156 Å². The van der Waals surface area contributed by atoms with Gasteiger partial charge in [-0.3, -0.25) is 9.59 Å². The van der Waals surface area contributed by atoms with Crippen molar-refractivity contribution in [3.63, 3.8) is 0 Å². The lowest BCUT2D eigenvalue weighted by Gasteiger charge is -2.58. The fourth-order valence-corrected chi connectivity index (χ4v) is 9.65. The smallest absolute Gasteiger partial charge is 0.306 e. The van der Waals surface area contributed by atoms with Crippen LogP contribution >= 0.6 is 0 Å². The van der Waals surface area contributed by atoms with Gasteiger partial charge < -0.3 is 4.74 Å². The third-order valence-electron chi connectivity index (χ3n) is 11.9. The van der Waals surface area contributed by atoms with Crippen LogP contribution in [0.2, 0.25) is 0 Å². The quantitative estimate of drug-likeness (QED) is 0.167. The zero-order valence-electron chi connectivity index (χ0n) is 25.3. The Hall–Kier alpha value is -1.12. The maximum absolute atomic E-state index is 12.7. The van der Waals surface area contributed by atoms with Crippen LogP contribution in [-0.4, -0.2) is 17.9 Å². The lowest BCUT2D eigenvalue weighted by atomic mass is 9.46. The number of allylic oxidation sites excluding steroid dienone is 1. The van der Waals surface area contributed by atoms with Crippen molar-refractivity contribution in [1.82, 2.24) is 0 Å². The van der Waals surface area contributed by atoms with Crippen LogP contribution in [0.25, 0.3) is 0 Å². The highest BCUT2D eigenvalue weighted by Gasteiger charge is 2.59. The van der Waals surface area contributed by atoms with E-state index in [0.29, 0.717) is 23.5 Å². The van der Waals surface area contributed by atoms with Crippen molar-refractivity contribution in [3.05, 3.63) is 11.6 Å². The van der Waals surface area contributed by atoms with Gasteiger partial charge in [-0.15, -0.1) is 0 Å². The minimum atomic E-state index is 0.0287. The summed E-state index contributed by atoms with van der Waals surface area (Å²) in [4.78, 5) is 24.8. The molecule has 0 aromatic rings. The summed E-state index contributed by atoms with van der Waals surface area (Å²) in [5.74, 6) is 3.12. The van der Waals surface area contributed by atoms with Crippen LogP contribution in [0.3, 0.4) is 0 Å². The maximum Gasteiger partial charge on any atom is 0.306 e. The number of fused-ring (bicyclic) bond motifs is 5. The fraction of sp³-hybridized carbons (Fsp3) is 0.886. The molecule has 4 aliphatic carbocycles. The SMILES string of the molecule is CCCCCCCCCCCCCC(=O)O[C@@H](C)[C@H]1CC[C@H]2[C@@H]3CCC4=CC(=O)CC[C@]4(C)[C@H]3CC[C@]12C. The molecule has 3 fully saturated rings. The predicted molar refractivity (Wildman–Crippen MR) is 157 cm³/mol. The number of hydrogen-bond acceptors (Lipinski definition) is 3. The number of rotatable bonds is 14. The van der Waals surface area contributed by atoms with Crippen LogP contribution in [0.4, 0.5) is 0 Å². The molecule has 0 bridgehead atoms. The molecule has 0 radical (unpaired) electrons. The molecule has 216 valence electrons. The lowest BCUT2D eigenvalue weighted by molar-refractivity contribution is -0.155. The lowest BCUT2D eigenvalue weighted by Crippen LogP contribution is -2.51. The molecule has 3 nitrogen and oxygen atoms in total. The van der Waals surface area contributed by atoms with Crippen LogP contribution in [-0.2, 0) is 14.3 Å². The van der Waals surface area contributed by atoms with Crippen molar-refractivity contribution in [1.29, 1.82) is 0 Å². The second-order valence-electron chi connectivity index (χ2n) is 14.2. The van der Waals surface area contributed by atoms with E-state index in [4.69, 9.17) is 4.74 Å². The highest BCUT2D eigenvalue weighted by atomic mass is 16.5. The molecule has 3 heteroatoms. The largest absolute Gasteiger partial charge is 0.462 e. The van der Waals surface area contributed by atoms with E-state index >= 15 is 0 Å². The van der Waals surface area contributed by atoms with Gasteiger partial charge >= 0.3 is 5.97 Å². The monoisotopic (exact) mass is 526 g/mol. The Morgan fingerprint density at radius 2 is 1.53 bits per heavy atom. The molecule has 4 aliphatic rings. The summed E-state index contributed by atoms with van der Waals surface area (Å²) in [5, 5.41) is 0. The maximum atomic E-state index is 12.7. The first-order chi connectivity index (χ1) is 18.3. The van der Waals surface area contributed by atoms with Gasteiger partial charge in [0, 0.05) is 18.8 Å². The van der Waals surface area contributed by atoms with E-state index < -0.39 is 0 Å². The minimum absolute atomic E-state index is 0.0287. The molecule has 0 saturated heterocycles. The highest BCUT2D eigenvalue weighted by Crippen LogP contribution is 2.67. The van der Waals surface area contributed by atoms with E-state index in [2.05, 4.69) is 27.7 Å². The van der Waals surface area contributed by atoms with Crippen molar-refractivity contribution in [2.24, 2.45) is 34.5 Å². The Balaban J connectivity index is 1.18. The number of carbonyl (C=O) groups excluding carboxylic acids is 2. The number of ether oxygens (including phenoxy) is 1. The van der Waals surface area contributed by atoms with E-state index in [1.807, 2.05) is 6.08 Å². The molecule has 0 aromatic carbocycles. The molecule has 0 unspecified atom stereocenters. The summed E-state index contributed by atoms with van der Waals surface area (Å²) in [7, 11) is 0. The Labute approximate surface area is 234 Å². The molecule has 0 aliphatic heterocycles. The molecule has 0 spiro atoms. The second kappa shape index (κ2) is 13.5. The van der Waals surface area contributed by atoms with Crippen molar-refractivity contribution in [2.75, 3.05) is 0 Å². The Kier molecular flexibility index (Phi) is 10.6. The molecule has 0 heterocycles. The molecule has 0 aromatic heterocycles. The first-order valence-electron chi connectivity index (χ1n) is 16.7. The number of hydrogen-bond donors (Lipinski definition) is 0. The Morgan fingerprint density at radius 1 is 0.868 bits per heavy atom. The second-order valence-corrected chi connectivity index (χ2v) is 14.2. The summed E-state index contributed by atoms with van der Waals surface area (Å²) in [5.41, 5.74) is 1.99. The van der Waals surface area contributed by atoms with E-state index in [-0.39, 0.29) is 17.5 Å². The van der Waals surface area contributed by atoms with E-state index in [0.717, 1.165) is 49.9 Å². The van der Waals surface area contributed by atoms with Crippen LogP contribution in [0.15, 0.2) is 11.6 Å². The van der Waals surface area contributed by atoms with Gasteiger partial charge in [-0.25, -0.2) is 0 Å². The molecule has 3 saturated carbocycles. The number of esters is 1. The topological polar surface area (TPSA) is 43.4 Å². The van der Waals surface area contributed by atoms with Gasteiger partial charge in [-0.05, 0) is 93.0 Å². The zero-order chi connectivity index (χ0) is 27.2. The summed E-state index contributed by atoms with van der Waals surface area (Å²) in [6.45, 7) is 9.45. The first kappa shape index (κ1) is 29.9. The number of unbranched alkanes of at least 4 members (excludes halogenated alkanes) is 10. The van der Waals surface area contributed by atoms with Gasteiger partial charge in [0.15, 0.2) is 5.78 Å². The number of carbonyl (C=O) groups is 2. The van der Waals surface area contributed by atoms with Crippen LogP contribution in [0, 0.1) is 34.5 Å². The molecular weight excluding hydrogens is 468 g/mol. The Bertz CT molecular complexity index is 829. The molecule has 0 N–H and O–H groups in total. The van der Waals surface area contributed by atoms with Crippen LogP contribution < -0.4 is 0 Å². The third kappa shape index (κ3) is 6.60. The minimum Gasteiger partial charge on any atom is -0.462 e. The highest BCUT2D eigenvalue weighted by molar-refractivity contribution is 5.91. The summed E-state index contributed by atoms with van der Waals surface area (Å²) < 4.78 is 6.11. The van der Waals surface area contributed by atoms with Crippen LogP contribution in [0.5, 0.6) is 0 Å². The first-order valence-corrected chi connectivity index (χ1v) is 16.7. The van der Waals surface area contributed by atoms with E-state index in [9.17, 15) is 9.59 Å². The van der Waals surface area contributed by atoms with Gasteiger partial charge in [-0.2, -0.15) is 0 Å². The summed E-state index contributed by atoms with van der Waals surface area (Å²) >= 11 is 0. The molecule has 0 amide bonds. The molecule has 38 heavy (non-hydrogen) atoms. The van der Waals surface area contributed by atoms with Crippen molar-refractivity contribution >= 4 is 11.8 Å². The summed E-state index contributed by atoms with van der Waals surface area (Å²) in [6.07, 6.45) is 26.2. The predicted octanol–water partition coefficient (Wildman–Crippen LogP) is 9.77. The van der Waals surface area contributed by atoms with Gasteiger partial charge in [-0.1, -0.05) is 90.6 Å². The standard InChI is InChI=1S/C35H58O3/c1-5-6-7-8-9-10-11-12-13-14-15-16-33(37)38-26(2)30-19-20-31-29-18-17-27-25-28(36)21-23-34(27,3)32(29)22-24-35(30,31)4/h25-26,29-32H,5-24H2,1-4H3/t26-,29-,30+,31-,32-,34-,35+/m0/s1. The van der Waals surface area contributed by atoms with Gasteiger partial charge in [0.1, 0.15) is 6.10 Å². The average Bonchev–Trinajstić information content (AvgIpc) is 3.25. The third-order valence-corrected chi connectivity index (χ3v) is 11.9.